The summed E-state index contributed by atoms with van der Waals surface area (Å²) in [7, 11) is 0. The molecule has 0 amide bonds. The first-order valence-corrected chi connectivity index (χ1v) is 5.64. The summed E-state index contributed by atoms with van der Waals surface area (Å²) in [6.45, 7) is 10.6. The maximum absolute atomic E-state index is 9.73. The van der Waals surface area contributed by atoms with Crippen molar-refractivity contribution < 1.29 is 5.11 Å². The molecule has 0 saturated heterocycles. The van der Waals surface area contributed by atoms with E-state index in [1.54, 1.807) is 11.1 Å². The lowest BCUT2D eigenvalue weighted by atomic mass is 9.77. The third-order valence-electron chi connectivity index (χ3n) is 3.89. The molecule has 0 saturated carbocycles. The fourth-order valence-electron chi connectivity index (χ4n) is 2.25. The Bertz CT molecular complexity index is 244. The molecule has 1 N–H and O–H groups in total. The number of rotatable bonds is 3. The summed E-state index contributed by atoms with van der Waals surface area (Å²) in [5.74, 6) is 0. The highest BCUT2D eigenvalue weighted by Gasteiger charge is 2.33. The van der Waals surface area contributed by atoms with E-state index in [0.717, 1.165) is 12.8 Å². The quantitative estimate of drug-likeness (QED) is 0.683. The molecule has 0 spiro atoms. The van der Waals surface area contributed by atoms with E-state index in [4.69, 9.17) is 0 Å². The highest BCUT2D eigenvalue weighted by molar-refractivity contribution is 5.24. The standard InChI is InChI=1S/C13H24O/c1-10-6-7-13(5,11(10)2)9-8-12(3,4)14/h14H,6-9H2,1-5H3. The molecule has 0 fully saturated rings. The van der Waals surface area contributed by atoms with Crippen LogP contribution in [0.3, 0.4) is 0 Å². The first kappa shape index (κ1) is 11.8. The first-order chi connectivity index (χ1) is 6.25. The highest BCUT2D eigenvalue weighted by atomic mass is 16.3. The molecule has 0 radical (unpaired) electrons. The maximum Gasteiger partial charge on any atom is 0.0592 e. The molecule has 1 rings (SSSR count). The highest BCUT2D eigenvalue weighted by Crippen LogP contribution is 2.46. The summed E-state index contributed by atoms with van der Waals surface area (Å²) in [5, 5.41) is 9.73. The van der Waals surface area contributed by atoms with Gasteiger partial charge in [-0.1, -0.05) is 18.1 Å². The van der Waals surface area contributed by atoms with Crippen LogP contribution in [0.1, 0.15) is 60.3 Å². The molecular formula is C13H24O. The van der Waals surface area contributed by atoms with Crippen molar-refractivity contribution in [3.8, 4) is 0 Å². The Kier molecular flexibility index (Phi) is 3.10. The minimum absolute atomic E-state index is 0.351. The van der Waals surface area contributed by atoms with E-state index in [9.17, 15) is 5.11 Å². The lowest BCUT2D eigenvalue weighted by molar-refractivity contribution is 0.0582. The van der Waals surface area contributed by atoms with Crippen LogP contribution in [-0.2, 0) is 0 Å². The summed E-state index contributed by atoms with van der Waals surface area (Å²) in [5.41, 5.74) is 2.95. The van der Waals surface area contributed by atoms with Gasteiger partial charge >= 0.3 is 0 Å². The van der Waals surface area contributed by atoms with Crippen LogP contribution in [0.4, 0.5) is 0 Å². The van der Waals surface area contributed by atoms with E-state index in [1.807, 2.05) is 13.8 Å². The number of allylic oxidation sites excluding steroid dienone is 2. The molecule has 82 valence electrons. The van der Waals surface area contributed by atoms with Crippen LogP contribution in [0.25, 0.3) is 0 Å². The Morgan fingerprint density at radius 1 is 1.36 bits per heavy atom. The van der Waals surface area contributed by atoms with Crippen molar-refractivity contribution in [3.63, 3.8) is 0 Å². The van der Waals surface area contributed by atoms with Gasteiger partial charge in [0.25, 0.3) is 0 Å². The van der Waals surface area contributed by atoms with Gasteiger partial charge in [0, 0.05) is 0 Å². The van der Waals surface area contributed by atoms with Gasteiger partial charge in [-0.15, -0.1) is 0 Å². The van der Waals surface area contributed by atoms with Crippen LogP contribution >= 0.6 is 0 Å². The molecule has 0 heterocycles. The van der Waals surface area contributed by atoms with Gasteiger partial charge in [-0.05, 0) is 58.8 Å². The molecular weight excluding hydrogens is 172 g/mol. The van der Waals surface area contributed by atoms with Gasteiger partial charge in [-0.2, -0.15) is 0 Å². The second-order valence-corrected chi connectivity index (χ2v) is 5.78. The lowest BCUT2D eigenvalue weighted by Crippen LogP contribution is -2.24. The zero-order chi connectivity index (χ0) is 11.0. The second kappa shape index (κ2) is 3.69. The topological polar surface area (TPSA) is 20.2 Å². The van der Waals surface area contributed by atoms with E-state index in [2.05, 4.69) is 20.8 Å². The predicted molar refractivity (Wildman–Crippen MR) is 61.2 cm³/mol. The van der Waals surface area contributed by atoms with E-state index >= 15 is 0 Å². The summed E-state index contributed by atoms with van der Waals surface area (Å²) in [6.07, 6.45) is 4.52. The third-order valence-corrected chi connectivity index (χ3v) is 3.89. The molecule has 0 aromatic carbocycles. The fourth-order valence-corrected chi connectivity index (χ4v) is 2.25. The predicted octanol–water partition coefficient (Wildman–Crippen LogP) is 3.67. The van der Waals surface area contributed by atoms with Gasteiger partial charge in [0.2, 0.25) is 0 Å². The van der Waals surface area contributed by atoms with Crippen LogP contribution in [0.5, 0.6) is 0 Å². The molecule has 0 aliphatic heterocycles. The average molecular weight is 196 g/mol. The Morgan fingerprint density at radius 2 is 1.93 bits per heavy atom. The van der Waals surface area contributed by atoms with Crippen LogP contribution in [0.15, 0.2) is 11.1 Å². The first-order valence-electron chi connectivity index (χ1n) is 5.64. The molecule has 0 bridgehead atoms. The van der Waals surface area contributed by atoms with Crippen LogP contribution in [0, 0.1) is 5.41 Å². The van der Waals surface area contributed by atoms with Crippen molar-refractivity contribution in [2.75, 3.05) is 0 Å². The lowest BCUT2D eigenvalue weighted by Gasteiger charge is -2.29. The van der Waals surface area contributed by atoms with Crippen LogP contribution in [0.2, 0.25) is 0 Å². The van der Waals surface area contributed by atoms with Gasteiger partial charge in [0.1, 0.15) is 0 Å². The fraction of sp³-hybridized carbons (Fsp3) is 0.846. The maximum atomic E-state index is 9.73. The monoisotopic (exact) mass is 196 g/mol. The van der Waals surface area contributed by atoms with Crippen molar-refractivity contribution in [2.24, 2.45) is 5.41 Å². The van der Waals surface area contributed by atoms with Crippen LogP contribution < -0.4 is 0 Å². The van der Waals surface area contributed by atoms with Gasteiger partial charge in [-0.25, -0.2) is 0 Å². The van der Waals surface area contributed by atoms with Crippen molar-refractivity contribution in [1.82, 2.24) is 0 Å². The molecule has 1 heteroatoms. The molecule has 0 aromatic rings. The molecule has 1 unspecified atom stereocenters. The minimum atomic E-state index is -0.514. The SMILES string of the molecule is CC1=C(C)C(C)(CCC(C)(C)O)CC1. The second-order valence-electron chi connectivity index (χ2n) is 5.78. The van der Waals surface area contributed by atoms with Crippen LogP contribution in [-0.4, -0.2) is 10.7 Å². The number of hydrogen-bond donors (Lipinski definition) is 1. The molecule has 1 aliphatic rings. The van der Waals surface area contributed by atoms with Crippen molar-refractivity contribution in [1.29, 1.82) is 0 Å². The van der Waals surface area contributed by atoms with Gasteiger partial charge in [0.05, 0.1) is 5.60 Å². The molecule has 1 atom stereocenters. The normalized spacial score (nSPS) is 28.7. The molecule has 1 nitrogen and oxygen atoms in total. The van der Waals surface area contributed by atoms with Crippen molar-refractivity contribution in [3.05, 3.63) is 11.1 Å². The van der Waals surface area contributed by atoms with Gasteiger partial charge in [0.15, 0.2) is 0 Å². The smallest absolute Gasteiger partial charge is 0.0592 e. The summed E-state index contributed by atoms with van der Waals surface area (Å²) in [4.78, 5) is 0. The summed E-state index contributed by atoms with van der Waals surface area (Å²) < 4.78 is 0. The van der Waals surface area contributed by atoms with Crippen molar-refractivity contribution >= 4 is 0 Å². The summed E-state index contributed by atoms with van der Waals surface area (Å²) >= 11 is 0. The van der Waals surface area contributed by atoms with E-state index in [0.29, 0.717) is 5.41 Å². The Balaban J connectivity index is 2.61. The van der Waals surface area contributed by atoms with E-state index in [1.165, 1.54) is 12.8 Å². The Morgan fingerprint density at radius 3 is 2.29 bits per heavy atom. The third kappa shape index (κ3) is 2.60. The number of hydrogen-bond acceptors (Lipinski definition) is 1. The zero-order valence-electron chi connectivity index (χ0n) is 10.3. The van der Waals surface area contributed by atoms with Gasteiger partial charge in [-0.3, -0.25) is 0 Å². The number of aliphatic hydroxyl groups is 1. The summed E-state index contributed by atoms with van der Waals surface area (Å²) in [6, 6.07) is 0. The molecule has 14 heavy (non-hydrogen) atoms. The zero-order valence-corrected chi connectivity index (χ0v) is 10.3. The minimum Gasteiger partial charge on any atom is -0.390 e. The molecule has 0 aromatic heterocycles. The van der Waals surface area contributed by atoms with E-state index in [-0.39, 0.29) is 0 Å². The van der Waals surface area contributed by atoms with Crippen molar-refractivity contribution in [2.45, 2.75) is 65.9 Å². The van der Waals surface area contributed by atoms with Gasteiger partial charge < -0.3 is 5.11 Å². The van der Waals surface area contributed by atoms with E-state index < -0.39 is 5.60 Å². The largest absolute Gasteiger partial charge is 0.390 e. The Labute approximate surface area is 88.2 Å². The average Bonchev–Trinajstić information content (AvgIpc) is 2.30. The Hall–Kier alpha value is -0.300. The molecule has 1 aliphatic carbocycles.